The van der Waals surface area contributed by atoms with Gasteiger partial charge in [-0.25, -0.2) is 10.2 Å². The van der Waals surface area contributed by atoms with Crippen LogP contribution in [0.2, 0.25) is 0 Å². The maximum atomic E-state index is 13.7. The Kier molecular flexibility index (Phi) is 9.85. The van der Waals surface area contributed by atoms with Crippen molar-refractivity contribution >= 4 is 24.9 Å². The van der Waals surface area contributed by atoms with Gasteiger partial charge in [-0.05, 0) is 87.0 Å². The minimum Gasteiger partial charge on any atom is -0.404 e. The first kappa shape index (κ1) is 31.5. The Labute approximate surface area is 243 Å². The highest BCUT2D eigenvalue weighted by Gasteiger charge is 2.68. The first-order valence-corrected chi connectivity index (χ1v) is 15.2. The summed E-state index contributed by atoms with van der Waals surface area (Å²) in [7, 11) is -0.563. The van der Waals surface area contributed by atoms with Crippen LogP contribution < -0.4 is 27.1 Å². The molecule has 13 nitrogen and oxygen atoms in total. The second-order valence-electron chi connectivity index (χ2n) is 13.4. The van der Waals surface area contributed by atoms with Crippen LogP contribution in [0.1, 0.15) is 86.0 Å². The number of hydrazine groups is 1. The van der Waals surface area contributed by atoms with E-state index in [-0.39, 0.29) is 59.3 Å². The van der Waals surface area contributed by atoms with Crippen molar-refractivity contribution < 1.29 is 29.1 Å². The quantitative estimate of drug-likeness (QED) is 0.0652. The molecule has 2 amide bonds. The zero-order valence-electron chi connectivity index (χ0n) is 25.2. The van der Waals surface area contributed by atoms with Crippen molar-refractivity contribution in [2.45, 2.75) is 116 Å². The monoisotopic (exact) mass is 578 g/mol. The van der Waals surface area contributed by atoms with E-state index in [0.717, 1.165) is 38.6 Å². The number of hydrogen-bond donors (Lipinski definition) is 6. The lowest BCUT2D eigenvalue weighted by molar-refractivity contribution is -0.822. The maximum absolute atomic E-state index is 13.7. The van der Waals surface area contributed by atoms with E-state index in [1.54, 1.807) is 0 Å². The van der Waals surface area contributed by atoms with Crippen molar-refractivity contribution in [3.63, 3.8) is 0 Å². The van der Waals surface area contributed by atoms with Crippen LogP contribution in [0.15, 0.2) is 4.99 Å². The molecule has 2 heterocycles. The van der Waals surface area contributed by atoms with Crippen molar-refractivity contribution in [1.82, 2.24) is 21.4 Å². The minimum atomic E-state index is -0.801. The first-order chi connectivity index (χ1) is 19.3. The van der Waals surface area contributed by atoms with Gasteiger partial charge in [0, 0.05) is 6.54 Å². The molecular weight excluding hydrogens is 529 g/mol. The van der Waals surface area contributed by atoms with E-state index >= 15 is 0 Å². The molecule has 0 aromatic rings. The molecule has 5 aliphatic rings. The molecule has 0 aromatic heterocycles. The Morgan fingerprint density at radius 1 is 1.22 bits per heavy atom. The molecule has 5 fully saturated rings. The highest BCUT2D eigenvalue weighted by atomic mass is 16.7. The van der Waals surface area contributed by atoms with Crippen molar-refractivity contribution in [3.05, 3.63) is 4.91 Å². The Hall–Kier alpha value is -2.45. The van der Waals surface area contributed by atoms with Crippen molar-refractivity contribution in [2.75, 3.05) is 13.1 Å². The molecular formula is C27H49BN7O6+. The summed E-state index contributed by atoms with van der Waals surface area (Å²) >= 11 is 0. The predicted molar refractivity (Wildman–Crippen MR) is 153 cm³/mol. The topological polar surface area (TPSA) is 179 Å². The smallest absolute Gasteiger partial charge is 0.404 e. The van der Waals surface area contributed by atoms with Gasteiger partial charge in [0.15, 0.2) is 0 Å². The number of hydrogen-bond acceptors (Lipinski definition) is 7. The number of guanidine groups is 1. The molecule has 7 atom stereocenters. The minimum absolute atomic E-state index is 0.00427. The second-order valence-corrected chi connectivity index (χ2v) is 13.4. The predicted octanol–water partition coefficient (Wildman–Crippen LogP) is 1.18. The van der Waals surface area contributed by atoms with Gasteiger partial charge in [0.2, 0.25) is 11.8 Å². The zero-order chi connectivity index (χ0) is 29.9. The maximum Gasteiger partial charge on any atom is 0.481 e. The second kappa shape index (κ2) is 12.8. The van der Waals surface area contributed by atoms with E-state index in [9.17, 15) is 14.5 Å². The number of aliphatic imine (C=N–C) groups is 1. The number of carbonyl (C=O) groups is 2. The van der Waals surface area contributed by atoms with Gasteiger partial charge in [-0.1, -0.05) is 34.1 Å². The van der Waals surface area contributed by atoms with Gasteiger partial charge in [-0.3, -0.25) is 9.59 Å². The third-order valence-corrected chi connectivity index (χ3v) is 9.75. The Balaban J connectivity index is 1.43. The van der Waals surface area contributed by atoms with Crippen molar-refractivity contribution in [2.24, 2.45) is 33.9 Å². The van der Waals surface area contributed by atoms with Crippen molar-refractivity contribution in [3.8, 4) is 0 Å². The molecule has 3 saturated carbocycles. The summed E-state index contributed by atoms with van der Waals surface area (Å²) in [5, 5.41) is 17.5. The summed E-state index contributed by atoms with van der Waals surface area (Å²) in [4.78, 5) is 41.5. The lowest BCUT2D eigenvalue weighted by Gasteiger charge is -2.64. The van der Waals surface area contributed by atoms with Gasteiger partial charge >= 0.3 is 12.2 Å². The molecule has 0 aromatic carbocycles. The lowest BCUT2D eigenvalue weighted by Crippen LogP contribution is -2.65. The van der Waals surface area contributed by atoms with Gasteiger partial charge < -0.3 is 31.0 Å². The number of nitrogens with zero attached hydrogens (tertiary/aromatic N) is 2. The number of nitrogens with two attached hydrogens (primary N) is 1. The standard InChI is InChI=1S/C27H48BN7O6/c1-16(2)13-22(28-40-21-15-17-14-20(26(17,3)4)27(21,5)41-28)33-24(37)19(10-8-12-31-25(29)34-35(38)39)32-23(36)18-9-6-7-11-30-18/h16-22,30H,6-15H2,1-5H3,(H5-,29,31,32,33,34,36,37,38,39)/p+1/t17-,18+,19-,20-,21+,22-,27-/m0/s1. The lowest BCUT2D eigenvalue weighted by atomic mass is 9.43. The van der Waals surface area contributed by atoms with Gasteiger partial charge in [0.05, 0.1) is 23.7 Å². The first-order valence-electron chi connectivity index (χ1n) is 15.2. The largest absolute Gasteiger partial charge is 0.481 e. The van der Waals surface area contributed by atoms with E-state index in [2.05, 4.69) is 55.6 Å². The van der Waals surface area contributed by atoms with E-state index in [1.165, 1.54) is 0 Å². The van der Waals surface area contributed by atoms with Crippen molar-refractivity contribution in [1.29, 1.82) is 0 Å². The zero-order valence-corrected chi connectivity index (χ0v) is 25.2. The summed E-state index contributed by atoms with van der Waals surface area (Å²) in [6, 6.07) is -1.14. The average molecular weight is 579 g/mol. The molecule has 230 valence electrons. The molecule has 0 radical (unpaired) electrons. The molecule has 41 heavy (non-hydrogen) atoms. The summed E-state index contributed by atoms with van der Waals surface area (Å²) < 4.78 is 13.2. The number of carbonyl (C=O) groups excluding carboxylic acids is 2. The van der Waals surface area contributed by atoms with Crippen LogP contribution in [0, 0.1) is 28.1 Å². The molecule has 3 aliphatic carbocycles. The van der Waals surface area contributed by atoms with Crippen LogP contribution in [0.3, 0.4) is 0 Å². The SMILES string of the molecule is CC(C)C[C@H](NC(=O)[C@H](CCCN=C(N)N[N+](=O)O)NC(=O)[C@H]1CCCCN1)B1O[C@@H]2C[C@@H]3C[C@@H](C3(C)C)[C@]2(C)O1. The van der Waals surface area contributed by atoms with E-state index in [4.69, 9.17) is 20.2 Å². The van der Waals surface area contributed by atoms with Gasteiger partial charge in [0.25, 0.3) is 5.96 Å². The molecule has 5 rings (SSSR count). The van der Waals surface area contributed by atoms with Gasteiger partial charge in [-0.15, -0.1) is 0 Å². The number of rotatable bonds is 12. The molecule has 0 unspecified atom stereocenters. The Bertz CT molecular complexity index is 1010. The molecule has 0 spiro atoms. The van der Waals surface area contributed by atoms with Crippen LogP contribution >= 0.6 is 0 Å². The highest BCUT2D eigenvalue weighted by molar-refractivity contribution is 6.48. The highest BCUT2D eigenvalue weighted by Crippen LogP contribution is 2.65. The van der Waals surface area contributed by atoms with E-state index in [0.29, 0.717) is 31.1 Å². The summed E-state index contributed by atoms with van der Waals surface area (Å²) in [5.41, 5.74) is 7.30. The third kappa shape index (κ3) is 7.14. The van der Waals surface area contributed by atoms with Gasteiger partial charge in [0.1, 0.15) is 10.9 Å². The number of piperidine rings is 1. The van der Waals surface area contributed by atoms with E-state index < -0.39 is 18.2 Å². The molecule has 2 aliphatic heterocycles. The van der Waals surface area contributed by atoms with Crippen LogP contribution in [-0.2, 0) is 18.9 Å². The van der Waals surface area contributed by atoms with E-state index in [1.807, 2.05) is 5.43 Å². The number of nitrogens with one attached hydrogen (secondary N) is 4. The Morgan fingerprint density at radius 2 is 1.98 bits per heavy atom. The molecule has 2 saturated heterocycles. The average Bonchev–Trinajstić information content (AvgIpc) is 3.26. The summed E-state index contributed by atoms with van der Waals surface area (Å²) in [5.74, 6) is 0.199. The number of amides is 2. The third-order valence-electron chi connectivity index (χ3n) is 9.75. The molecule has 14 heteroatoms. The fraction of sp³-hybridized carbons (Fsp3) is 0.889. The fourth-order valence-electron chi connectivity index (χ4n) is 7.35. The fourth-order valence-corrected chi connectivity index (χ4v) is 7.35. The summed E-state index contributed by atoms with van der Waals surface area (Å²) in [6.45, 7) is 12.0. The van der Waals surface area contributed by atoms with Crippen LogP contribution in [0.25, 0.3) is 0 Å². The molecule has 7 N–H and O–H groups in total. The van der Waals surface area contributed by atoms with Crippen LogP contribution in [0.5, 0.6) is 0 Å². The normalized spacial score (nSPS) is 32.0. The molecule has 2 bridgehead atoms. The van der Waals surface area contributed by atoms with Gasteiger partial charge in [-0.2, -0.15) is 0 Å². The van der Waals surface area contributed by atoms with Crippen LogP contribution in [-0.4, -0.2) is 78.0 Å². The van der Waals surface area contributed by atoms with Crippen LogP contribution in [0.4, 0.5) is 0 Å². The Morgan fingerprint density at radius 3 is 2.61 bits per heavy atom. The summed E-state index contributed by atoms with van der Waals surface area (Å²) in [6.07, 6.45) is 6.19.